The highest BCUT2D eigenvalue weighted by atomic mass is 16.5. The molecule has 9 heteroatoms. The van der Waals surface area contributed by atoms with Crippen LogP contribution in [-0.2, 0) is 19.1 Å². The molecule has 3 amide bonds. The predicted octanol–water partition coefficient (Wildman–Crippen LogP) is 3.60. The van der Waals surface area contributed by atoms with Crippen LogP contribution in [-0.4, -0.2) is 84.1 Å². The van der Waals surface area contributed by atoms with Crippen LogP contribution in [0, 0.1) is 23.7 Å². The lowest BCUT2D eigenvalue weighted by Gasteiger charge is -2.39. The smallest absolute Gasteiger partial charge is 0.246 e. The number of hydrogen-bond donors (Lipinski definition) is 2. The molecule has 5 aliphatic rings. The summed E-state index contributed by atoms with van der Waals surface area (Å²) in [5.41, 5.74) is -0.525. The maximum Gasteiger partial charge on any atom is 0.246 e. The van der Waals surface area contributed by atoms with Crippen molar-refractivity contribution in [3.05, 3.63) is 36.4 Å². The van der Waals surface area contributed by atoms with Crippen molar-refractivity contribution in [3.63, 3.8) is 0 Å². The summed E-state index contributed by atoms with van der Waals surface area (Å²) in [6.07, 6.45) is 9.92. The number of hydrogen-bond acceptors (Lipinski definition) is 6. The van der Waals surface area contributed by atoms with Gasteiger partial charge in [0.2, 0.25) is 17.7 Å². The van der Waals surface area contributed by atoms with Gasteiger partial charge in [-0.25, -0.2) is 0 Å². The van der Waals surface area contributed by atoms with Gasteiger partial charge >= 0.3 is 0 Å². The molecular weight excluding hydrogens is 532 g/mol. The van der Waals surface area contributed by atoms with E-state index in [1.54, 1.807) is 36.3 Å². The zero-order chi connectivity index (χ0) is 29.6. The second kappa shape index (κ2) is 11.6. The number of fused-ring (bicyclic) bond motifs is 1. The van der Waals surface area contributed by atoms with Gasteiger partial charge in [-0.15, -0.1) is 0 Å². The van der Waals surface area contributed by atoms with E-state index in [4.69, 9.17) is 9.47 Å². The molecule has 4 fully saturated rings. The van der Waals surface area contributed by atoms with Crippen LogP contribution in [0.15, 0.2) is 36.4 Å². The van der Waals surface area contributed by atoms with Gasteiger partial charge in [-0.2, -0.15) is 0 Å². The molecule has 0 radical (unpaired) electrons. The first-order valence-corrected chi connectivity index (χ1v) is 15.9. The zero-order valence-corrected chi connectivity index (χ0v) is 25.4. The molecule has 4 aliphatic heterocycles. The van der Waals surface area contributed by atoms with Crippen molar-refractivity contribution in [3.8, 4) is 5.75 Å². The van der Waals surface area contributed by atoms with Crippen LogP contribution in [0.3, 0.4) is 0 Å². The van der Waals surface area contributed by atoms with Crippen molar-refractivity contribution < 1.29 is 23.9 Å². The molecule has 3 saturated heterocycles. The predicted molar refractivity (Wildman–Crippen MR) is 160 cm³/mol. The minimum absolute atomic E-state index is 0.0625. The second-order valence-corrected chi connectivity index (χ2v) is 13.2. The van der Waals surface area contributed by atoms with E-state index in [-0.39, 0.29) is 23.8 Å². The zero-order valence-electron chi connectivity index (χ0n) is 25.4. The van der Waals surface area contributed by atoms with Crippen LogP contribution in [0.25, 0.3) is 0 Å². The fourth-order valence-electron chi connectivity index (χ4n) is 8.18. The summed E-state index contributed by atoms with van der Waals surface area (Å²) >= 11 is 0. The summed E-state index contributed by atoms with van der Waals surface area (Å²) in [4.78, 5) is 46.5. The summed E-state index contributed by atoms with van der Waals surface area (Å²) in [5, 5.41) is 6.34. The number of benzene rings is 1. The van der Waals surface area contributed by atoms with Crippen LogP contribution >= 0.6 is 0 Å². The third kappa shape index (κ3) is 5.02. The summed E-state index contributed by atoms with van der Waals surface area (Å²) in [6.45, 7) is 8.83. The fraction of sp³-hybridized carbons (Fsp3) is 0.667. The Balaban J connectivity index is 1.27. The van der Waals surface area contributed by atoms with Gasteiger partial charge in [0.1, 0.15) is 17.4 Å². The van der Waals surface area contributed by atoms with Crippen LogP contribution in [0.4, 0.5) is 5.69 Å². The minimum Gasteiger partial charge on any atom is -0.497 e. The number of nitrogens with one attached hydrogen (secondary N) is 2. The van der Waals surface area contributed by atoms with Crippen molar-refractivity contribution in [2.75, 3.05) is 32.1 Å². The maximum absolute atomic E-state index is 14.3. The average Bonchev–Trinajstić information content (AvgIpc) is 3.62. The Labute approximate surface area is 249 Å². The van der Waals surface area contributed by atoms with Crippen LogP contribution in [0.1, 0.15) is 59.3 Å². The highest BCUT2D eigenvalue weighted by Crippen LogP contribution is 2.55. The summed E-state index contributed by atoms with van der Waals surface area (Å²) in [6, 6.07) is 6.83. The molecule has 9 nitrogen and oxygen atoms in total. The highest BCUT2D eigenvalue weighted by Gasteiger charge is 2.72. The number of nitrogens with zero attached hydrogens (tertiary/aromatic N) is 2. The molecule has 1 spiro atoms. The van der Waals surface area contributed by atoms with Crippen LogP contribution < -0.4 is 15.4 Å². The molecule has 1 aliphatic carbocycles. The molecule has 0 unspecified atom stereocenters. The number of ether oxygens (including phenoxy) is 2. The molecule has 0 aromatic heterocycles. The number of likely N-dealkylation sites (tertiary alicyclic amines) is 2. The third-order valence-electron chi connectivity index (χ3n) is 10.9. The van der Waals surface area contributed by atoms with E-state index in [1.165, 1.54) is 12.8 Å². The molecule has 9 atom stereocenters. The topological polar surface area (TPSA) is 100 Å². The first kappa shape index (κ1) is 29.2. The lowest BCUT2D eigenvalue weighted by Crippen LogP contribution is -2.58. The standard InChI is InChI=1S/C33H46N4O5/c1-20-8-7-10-25(22(20)3)35-31(39)29-33-16-15-26(42-33)27(30(38)34-23-11-13-24(41-4)14-12-23)28(33)32(40)37(29)19-18-36-17-6-5-9-21(36)2/h11-16,20-22,25-29H,5-10,17-19H2,1-4H3,(H,34,38)(H,35,39)/t20-,21-,22-,25+,26-,27+,28-,29-,33-/m0/s1. The second-order valence-electron chi connectivity index (χ2n) is 13.2. The summed E-state index contributed by atoms with van der Waals surface area (Å²) in [5.74, 6) is -0.475. The quantitative estimate of drug-likeness (QED) is 0.458. The number of carbonyl (C=O) groups excluding carboxylic acids is 3. The molecule has 6 rings (SSSR count). The third-order valence-corrected chi connectivity index (χ3v) is 10.9. The first-order chi connectivity index (χ1) is 20.2. The molecule has 1 saturated carbocycles. The Morgan fingerprint density at radius 3 is 2.55 bits per heavy atom. The molecule has 228 valence electrons. The van der Waals surface area contributed by atoms with E-state index < -0.39 is 29.6 Å². The van der Waals surface area contributed by atoms with Gasteiger partial charge in [0.15, 0.2) is 0 Å². The van der Waals surface area contributed by atoms with Gasteiger partial charge in [0.05, 0.1) is 25.0 Å². The SMILES string of the molecule is COc1ccc(NC(=O)[C@@H]2[C@@H]3C=C[C@]4(O3)[C@@H]2C(=O)N(CCN2CCCC[C@@H]2C)[C@H]4C(=O)N[C@@H]2CCC[C@H](C)[C@@H]2C)cc1. The Kier molecular flexibility index (Phi) is 8.09. The molecule has 1 aromatic carbocycles. The molecular formula is C33H46N4O5. The van der Waals surface area contributed by atoms with Crippen molar-refractivity contribution >= 4 is 23.4 Å². The van der Waals surface area contributed by atoms with E-state index in [0.29, 0.717) is 42.4 Å². The number of anilines is 1. The molecule has 1 aromatic rings. The van der Waals surface area contributed by atoms with Gasteiger partial charge in [-0.1, -0.05) is 45.3 Å². The lowest BCUT2D eigenvalue weighted by molar-refractivity contribution is -0.142. The molecule has 4 heterocycles. The van der Waals surface area contributed by atoms with Gasteiger partial charge in [0, 0.05) is 30.9 Å². The van der Waals surface area contributed by atoms with Gasteiger partial charge in [-0.05, 0) is 68.8 Å². The molecule has 2 bridgehead atoms. The highest BCUT2D eigenvalue weighted by molar-refractivity contribution is 6.02. The van der Waals surface area contributed by atoms with Gasteiger partial charge in [-0.3, -0.25) is 19.3 Å². The van der Waals surface area contributed by atoms with Gasteiger partial charge in [0.25, 0.3) is 0 Å². The molecule has 2 N–H and O–H groups in total. The van der Waals surface area contributed by atoms with E-state index in [1.807, 2.05) is 12.2 Å². The van der Waals surface area contributed by atoms with E-state index in [2.05, 4.69) is 36.3 Å². The van der Waals surface area contributed by atoms with E-state index >= 15 is 0 Å². The Morgan fingerprint density at radius 2 is 1.81 bits per heavy atom. The fourth-order valence-corrected chi connectivity index (χ4v) is 8.18. The minimum atomic E-state index is -1.15. The van der Waals surface area contributed by atoms with E-state index in [0.717, 1.165) is 32.2 Å². The van der Waals surface area contributed by atoms with Crippen LogP contribution in [0.5, 0.6) is 5.75 Å². The van der Waals surface area contributed by atoms with Crippen LogP contribution in [0.2, 0.25) is 0 Å². The van der Waals surface area contributed by atoms with Crippen molar-refractivity contribution in [2.45, 2.75) is 89.1 Å². The Bertz CT molecular complexity index is 1220. The number of carbonyl (C=O) groups is 3. The number of rotatable bonds is 8. The molecule has 42 heavy (non-hydrogen) atoms. The summed E-state index contributed by atoms with van der Waals surface area (Å²) < 4.78 is 11.8. The van der Waals surface area contributed by atoms with E-state index in [9.17, 15) is 14.4 Å². The Hall–Kier alpha value is -2.91. The maximum atomic E-state index is 14.3. The Morgan fingerprint density at radius 1 is 1.02 bits per heavy atom. The van der Waals surface area contributed by atoms with Crippen molar-refractivity contribution in [1.29, 1.82) is 0 Å². The summed E-state index contributed by atoms with van der Waals surface area (Å²) in [7, 11) is 1.59. The number of methoxy groups -OCH3 is 1. The average molecular weight is 579 g/mol. The van der Waals surface area contributed by atoms with Crippen molar-refractivity contribution in [2.24, 2.45) is 23.7 Å². The lowest BCUT2D eigenvalue weighted by atomic mass is 9.73. The first-order valence-electron chi connectivity index (χ1n) is 15.9. The normalized spacial score (nSPS) is 37.5. The van der Waals surface area contributed by atoms with Gasteiger partial charge < -0.3 is 25.0 Å². The van der Waals surface area contributed by atoms with Crippen molar-refractivity contribution in [1.82, 2.24) is 15.1 Å². The largest absolute Gasteiger partial charge is 0.497 e. The number of piperidine rings is 1. The number of amides is 3. The monoisotopic (exact) mass is 578 g/mol.